The lowest BCUT2D eigenvalue weighted by atomic mass is 10.1. The van der Waals surface area contributed by atoms with Gasteiger partial charge < -0.3 is 50.8 Å². The van der Waals surface area contributed by atoms with Gasteiger partial charge in [0.05, 0.1) is 19.5 Å². The van der Waals surface area contributed by atoms with Gasteiger partial charge in [-0.25, -0.2) is 33.7 Å². The second kappa shape index (κ2) is 19.5. The maximum Gasteiger partial charge on any atom is 0.472 e. The van der Waals surface area contributed by atoms with Crippen LogP contribution in [0.15, 0.2) is 42.4 Å². The summed E-state index contributed by atoms with van der Waals surface area (Å²) in [6, 6.07) is 0.0736. The van der Waals surface area contributed by atoms with Crippen molar-refractivity contribution in [3.05, 3.63) is 48.1 Å². The van der Waals surface area contributed by atoms with E-state index in [2.05, 4.69) is 36.4 Å². The molecule has 2 unspecified atom stereocenters. The summed E-state index contributed by atoms with van der Waals surface area (Å²) in [5.41, 5.74) is 10.9. The van der Waals surface area contributed by atoms with Crippen LogP contribution in [0.2, 0.25) is 0 Å². The number of esters is 1. The number of allylic oxidation sites excluding steroid dienone is 1. The Bertz CT molecular complexity index is 2140. The Morgan fingerprint density at radius 3 is 2.53 bits per heavy atom. The quantitative estimate of drug-likeness (QED) is 0.0381. The molecule has 24 nitrogen and oxygen atoms in total. The zero-order valence-corrected chi connectivity index (χ0v) is 35.2. The molecule has 2 aliphatic rings. The number of aliphatic hydroxyl groups excluding tert-OH is 1. The molecule has 1 amide bonds. The molecule has 28 heteroatoms. The second-order valence-electron chi connectivity index (χ2n) is 14.1. The first-order valence-electron chi connectivity index (χ1n) is 17.7. The van der Waals surface area contributed by atoms with Crippen molar-refractivity contribution in [2.24, 2.45) is 0 Å². The summed E-state index contributed by atoms with van der Waals surface area (Å²) < 4.78 is 59.9. The van der Waals surface area contributed by atoms with E-state index in [9.17, 15) is 43.3 Å². The summed E-state index contributed by atoms with van der Waals surface area (Å²) in [6.07, 6.45) is -5.09. The highest BCUT2D eigenvalue weighted by Gasteiger charge is 2.50. The number of nitrogen functional groups attached to an aromatic ring is 2. The molecule has 3 aromatic rings. The van der Waals surface area contributed by atoms with E-state index in [0.717, 1.165) is 10.9 Å². The van der Waals surface area contributed by atoms with Crippen molar-refractivity contribution in [3.63, 3.8) is 0 Å². The van der Waals surface area contributed by atoms with Crippen molar-refractivity contribution >= 4 is 71.9 Å². The van der Waals surface area contributed by atoms with Crippen LogP contribution in [-0.2, 0) is 46.5 Å². The van der Waals surface area contributed by atoms with E-state index in [0.29, 0.717) is 6.42 Å². The number of imidazole rings is 1. The molecule has 59 heavy (non-hydrogen) atoms. The number of nitrogens with zero attached hydrogens (tertiary/aromatic N) is 6. The van der Waals surface area contributed by atoms with Crippen LogP contribution in [0.4, 0.5) is 11.6 Å². The molecule has 5 heterocycles. The molecule has 9 atom stereocenters. The minimum Gasteiger partial charge on any atom is -0.455 e. The predicted octanol–water partition coefficient (Wildman–Crippen LogP) is 0.948. The first-order valence-corrected chi connectivity index (χ1v) is 23.0. The van der Waals surface area contributed by atoms with Crippen molar-refractivity contribution in [2.75, 3.05) is 30.4 Å². The smallest absolute Gasteiger partial charge is 0.455 e. The van der Waals surface area contributed by atoms with Gasteiger partial charge in [0.25, 0.3) is 0 Å². The van der Waals surface area contributed by atoms with Gasteiger partial charge in [0.1, 0.15) is 54.3 Å². The number of phosphoric ester groups is 2. The third-order valence-corrected chi connectivity index (χ3v) is 13.2. The van der Waals surface area contributed by atoms with Crippen LogP contribution in [0, 0.1) is 0 Å². The number of amides is 1. The molecule has 0 spiro atoms. The number of ether oxygens (including phenoxy) is 3. The number of hydrogen-bond acceptors (Lipinski definition) is 20. The zero-order valence-electron chi connectivity index (χ0n) is 31.8. The van der Waals surface area contributed by atoms with Gasteiger partial charge in [0, 0.05) is 29.5 Å². The Morgan fingerprint density at radius 1 is 1.12 bits per heavy atom. The number of aliphatic hydroxyl groups is 1. The fourth-order valence-corrected chi connectivity index (χ4v) is 9.52. The average molecular weight is 910 g/mol. The van der Waals surface area contributed by atoms with Gasteiger partial charge in [0.2, 0.25) is 5.91 Å². The highest BCUT2D eigenvalue weighted by Crippen LogP contribution is 2.50. The summed E-state index contributed by atoms with van der Waals surface area (Å²) in [4.78, 5) is 84.4. The van der Waals surface area contributed by atoms with Crippen LogP contribution < -0.4 is 22.5 Å². The molecule has 0 aromatic carbocycles. The van der Waals surface area contributed by atoms with Crippen molar-refractivity contribution in [3.8, 4) is 0 Å². The number of fused-ring (bicyclic) bond motifs is 1. The molecule has 3 aromatic heterocycles. The lowest BCUT2D eigenvalue weighted by Gasteiger charge is -2.26. The van der Waals surface area contributed by atoms with Crippen LogP contribution in [0.5, 0.6) is 0 Å². The molecular formula is C31H45N9O15P2S2. The molecule has 326 valence electrons. The van der Waals surface area contributed by atoms with Crippen LogP contribution >= 0.6 is 37.2 Å². The van der Waals surface area contributed by atoms with Gasteiger partial charge in [-0.3, -0.25) is 27.5 Å². The molecule has 5 rings (SSSR count). The molecule has 0 radical (unpaired) electrons. The Morgan fingerprint density at radius 2 is 1.85 bits per heavy atom. The summed E-state index contributed by atoms with van der Waals surface area (Å²) in [6.45, 7) is 7.79. The van der Waals surface area contributed by atoms with E-state index in [-0.39, 0.29) is 46.1 Å². The van der Waals surface area contributed by atoms with Gasteiger partial charge in [-0.1, -0.05) is 48.4 Å². The maximum atomic E-state index is 13.8. The van der Waals surface area contributed by atoms with E-state index in [1.165, 1.54) is 44.7 Å². The number of carbonyl (C=O) groups is 2. The van der Waals surface area contributed by atoms with Crippen LogP contribution in [0.3, 0.4) is 0 Å². The van der Waals surface area contributed by atoms with Crippen molar-refractivity contribution in [1.29, 1.82) is 0 Å². The van der Waals surface area contributed by atoms with E-state index < -0.39 is 95.4 Å². The van der Waals surface area contributed by atoms with E-state index >= 15 is 0 Å². The fourth-order valence-electron chi connectivity index (χ4n) is 5.77. The van der Waals surface area contributed by atoms with Gasteiger partial charge in [0.15, 0.2) is 23.8 Å². The minimum atomic E-state index is -5.20. The molecule has 2 aliphatic heterocycles. The third-order valence-electron chi connectivity index (χ3n) is 8.38. The SMILES string of the molecule is C=CCCC(=O)N[C@@H](CSSC(C)(C)C)C(=O)O[C@@H]1C(COP(=O)(O)O[C@H]2C[C@H](n3ccc(N)nc3=O)O[C@@H]2COP(=O)(O)O)O[C@@H](n2cnc3c(N)ncnc32)[C@@H]1O. The topological polar surface area (TPSA) is 347 Å². The van der Waals surface area contributed by atoms with Crippen molar-refractivity contribution in [2.45, 2.75) is 93.8 Å². The molecule has 2 saturated heterocycles. The van der Waals surface area contributed by atoms with Crippen LogP contribution in [0.1, 0.15) is 52.5 Å². The number of aromatic nitrogens is 6. The lowest BCUT2D eigenvalue weighted by molar-refractivity contribution is -0.159. The third kappa shape index (κ3) is 12.8. The van der Waals surface area contributed by atoms with E-state index in [1.807, 2.05) is 20.8 Å². The number of nitrogens with one attached hydrogen (secondary N) is 1. The summed E-state index contributed by atoms with van der Waals surface area (Å²) in [5.74, 6) is -1.44. The van der Waals surface area contributed by atoms with Crippen LogP contribution in [-0.4, -0.2) is 121 Å². The number of rotatable bonds is 19. The first kappa shape index (κ1) is 46.6. The average Bonchev–Trinajstić information content (AvgIpc) is 3.83. The Hall–Kier alpha value is -3.49. The van der Waals surface area contributed by atoms with Gasteiger partial charge in [-0.15, -0.1) is 6.58 Å². The maximum absolute atomic E-state index is 13.8. The van der Waals surface area contributed by atoms with Gasteiger partial charge in [-0.2, -0.15) is 4.98 Å². The zero-order chi connectivity index (χ0) is 43.3. The molecule has 2 fully saturated rings. The Labute approximate surface area is 344 Å². The summed E-state index contributed by atoms with van der Waals surface area (Å²) >= 11 is 0. The second-order valence-corrected chi connectivity index (χ2v) is 19.9. The number of anilines is 2. The van der Waals surface area contributed by atoms with E-state index in [4.69, 9.17) is 34.7 Å². The monoisotopic (exact) mass is 909 g/mol. The molecule has 0 aliphatic carbocycles. The Balaban J connectivity index is 1.37. The summed E-state index contributed by atoms with van der Waals surface area (Å²) in [5, 5.41) is 14.3. The fraction of sp³-hybridized carbons (Fsp3) is 0.581. The molecular weight excluding hydrogens is 864 g/mol. The molecule has 0 saturated carbocycles. The minimum absolute atomic E-state index is 0.0169. The summed E-state index contributed by atoms with van der Waals surface area (Å²) in [7, 11) is -7.50. The van der Waals surface area contributed by atoms with E-state index in [1.54, 1.807) is 6.08 Å². The number of phosphoric acid groups is 2. The number of hydrogen-bond donors (Lipinski definition) is 7. The lowest BCUT2D eigenvalue weighted by Crippen LogP contribution is -2.47. The van der Waals surface area contributed by atoms with Crippen LogP contribution in [0.25, 0.3) is 11.2 Å². The largest absolute Gasteiger partial charge is 0.472 e. The van der Waals surface area contributed by atoms with Crippen molar-refractivity contribution < 1.29 is 66.3 Å². The van der Waals surface area contributed by atoms with Crippen molar-refractivity contribution in [1.82, 2.24) is 34.4 Å². The standard InChI is InChI=1S/C31H45N9O15P2S2/c1-5-6-7-21(41)37-16(13-58-59-31(2,3)4)29(43)54-25-19(53-28(24(25)42)40-15-36-23-26(33)34-14-35-27(23)40)12-51-57(48,49)55-17-10-22(39-9-8-20(32)38-30(39)44)52-18(17)11-50-56(45,46)47/h5,8-9,14-19,22,24-25,28,42H,1,6-7,10-13H2,2-4H3,(H,37,41)(H,48,49)(H2,32,38,44)(H2,33,34,35)(H2,45,46,47)/t16-,17-,18+,19?,22+,24+,25+,28+/m0/s1. The highest BCUT2D eigenvalue weighted by molar-refractivity contribution is 8.77. The first-order chi connectivity index (χ1) is 27.6. The normalized spacial score (nSPS) is 25.1. The predicted molar refractivity (Wildman–Crippen MR) is 211 cm³/mol. The number of carbonyl (C=O) groups excluding carboxylic acids is 2. The van der Waals surface area contributed by atoms with Gasteiger partial charge in [-0.05, 0) is 12.5 Å². The molecule has 0 bridgehead atoms. The number of nitrogens with two attached hydrogens (primary N) is 2. The van der Waals surface area contributed by atoms with Gasteiger partial charge >= 0.3 is 27.3 Å². The highest BCUT2D eigenvalue weighted by atomic mass is 33.1. The Kier molecular flexibility index (Phi) is 15.4. The molecule has 9 N–H and O–H groups in total.